The van der Waals surface area contributed by atoms with Gasteiger partial charge in [0.15, 0.2) is 0 Å². The second-order valence-electron chi connectivity index (χ2n) is 3.91. The molecule has 2 nitrogen and oxygen atoms in total. The van der Waals surface area contributed by atoms with Crippen molar-refractivity contribution in [3.05, 3.63) is 34.1 Å². The minimum atomic E-state index is -0.196. The largest absolute Gasteiger partial charge is 0.385 e. The first-order chi connectivity index (χ1) is 8.19. The van der Waals surface area contributed by atoms with Crippen LogP contribution in [0.25, 0.3) is 0 Å². The van der Waals surface area contributed by atoms with Gasteiger partial charge in [-0.3, -0.25) is 0 Å². The molecule has 96 valence electrons. The zero-order valence-corrected chi connectivity index (χ0v) is 11.9. The summed E-state index contributed by atoms with van der Waals surface area (Å²) in [6.45, 7) is 3.64. The van der Waals surface area contributed by atoms with Crippen LogP contribution in [0.3, 0.4) is 0 Å². The van der Waals surface area contributed by atoms with Crippen LogP contribution >= 0.6 is 15.9 Å². The molecule has 0 radical (unpaired) electrons. The molecule has 1 atom stereocenters. The first kappa shape index (κ1) is 14.6. The van der Waals surface area contributed by atoms with E-state index in [0.717, 1.165) is 36.0 Å². The van der Waals surface area contributed by atoms with Crippen molar-refractivity contribution < 1.29 is 9.13 Å². The molecule has 0 fully saturated rings. The quantitative estimate of drug-likeness (QED) is 0.776. The van der Waals surface area contributed by atoms with E-state index < -0.39 is 0 Å². The van der Waals surface area contributed by atoms with Crippen molar-refractivity contribution in [2.75, 3.05) is 20.3 Å². The summed E-state index contributed by atoms with van der Waals surface area (Å²) in [5, 5.41) is 3.37. The van der Waals surface area contributed by atoms with Crippen LogP contribution in [-0.2, 0) is 4.74 Å². The van der Waals surface area contributed by atoms with Gasteiger partial charge in [-0.2, -0.15) is 0 Å². The summed E-state index contributed by atoms with van der Waals surface area (Å²) in [5.74, 6) is -0.196. The third kappa shape index (κ3) is 4.74. The van der Waals surface area contributed by atoms with E-state index in [1.54, 1.807) is 19.2 Å². The molecule has 0 aliphatic heterocycles. The molecule has 1 aromatic carbocycles. The van der Waals surface area contributed by atoms with Crippen molar-refractivity contribution in [2.24, 2.45) is 0 Å². The molecule has 4 heteroatoms. The summed E-state index contributed by atoms with van der Waals surface area (Å²) in [6.07, 6.45) is 1.89. The van der Waals surface area contributed by atoms with Gasteiger partial charge < -0.3 is 10.1 Å². The molecular weight excluding hydrogens is 285 g/mol. The Kier molecular flexibility index (Phi) is 6.70. The van der Waals surface area contributed by atoms with E-state index in [1.165, 1.54) is 6.07 Å². The van der Waals surface area contributed by atoms with Crippen molar-refractivity contribution in [1.82, 2.24) is 5.32 Å². The lowest BCUT2D eigenvalue weighted by atomic mass is 10.0. The van der Waals surface area contributed by atoms with Gasteiger partial charge in [0.25, 0.3) is 0 Å². The number of nitrogens with one attached hydrogen (secondary N) is 1. The van der Waals surface area contributed by atoms with Crippen LogP contribution in [0.4, 0.5) is 4.39 Å². The summed E-state index contributed by atoms with van der Waals surface area (Å²) in [7, 11) is 1.69. The fraction of sp³-hybridized carbons (Fsp3) is 0.538. The number of hydrogen-bond acceptors (Lipinski definition) is 2. The lowest BCUT2D eigenvalue weighted by molar-refractivity contribution is 0.189. The van der Waals surface area contributed by atoms with Gasteiger partial charge in [0.2, 0.25) is 0 Å². The molecule has 0 aliphatic rings. The molecule has 1 aromatic rings. The fourth-order valence-corrected chi connectivity index (χ4v) is 2.35. The standard InChI is InChI=1S/C13H19BrFNO/c1-3-16-13(5-4-8-17-2)11-9-10(15)6-7-12(11)14/h6-7,9,13,16H,3-5,8H2,1-2H3. The van der Waals surface area contributed by atoms with Gasteiger partial charge in [-0.1, -0.05) is 22.9 Å². The zero-order valence-electron chi connectivity index (χ0n) is 10.3. The van der Waals surface area contributed by atoms with E-state index in [2.05, 4.69) is 28.2 Å². The van der Waals surface area contributed by atoms with Crippen molar-refractivity contribution in [3.8, 4) is 0 Å². The minimum absolute atomic E-state index is 0.167. The zero-order chi connectivity index (χ0) is 12.7. The third-order valence-electron chi connectivity index (χ3n) is 2.63. The Hall–Kier alpha value is -0.450. The van der Waals surface area contributed by atoms with Gasteiger partial charge in [-0.05, 0) is 43.1 Å². The average molecular weight is 304 g/mol. The SMILES string of the molecule is CCNC(CCCOC)c1cc(F)ccc1Br. The smallest absolute Gasteiger partial charge is 0.123 e. The van der Waals surface area contributed by atoms with Crippen LogP contribution in [-0.4, -0.2) is 20.3 Å². The molecule has 0 heterocycles. The van der Waals surface area contributed by atoms with Gasteiger partial charge in [0.1, 0.15) is 5.82 Å². The molecule has 0 amide bonds. The van der Waals surface area contributed by atoms with Crippen LogP contribution in [0.15, 0.2) is 22.7 Å². The molecular formula is C13H19BrFNO. The van der Waals surface area contributed by atoms with Crippen LogP contribution in [0.5, 0.6) is 0 Å². The Balaban J connectivity index is 2.77. The van der Waals surface area contributed by atoms with Gasteiger partial charge in [0.05, 0.1) is 0 Å². The predicted octanol–water partition coefficient (Wildman–Crippen LogP) is 3.67. The number of rotatable bonds is 7. The highest BCUT2D eigenvalue weighted by molar-refractivity contribution is 9.10. The topological polar surface area (TPSA) is 21.3 Å². The van der Waals surface area contributed by atoms with Crippen molar-refractivity contribution in [1.29, 1.82) is 0 Å². The Morgan fingerprint density at radius 3 is 2.88 bits per heavy atom. The average Bonchev–Trinajstić information content (AvgIpc) is 2.32. The molecule has 0 saturated carbocycles. The number of hydrogen-bond donors (Lipinski definition) is 1. The summed E-state index contributed by atoms with van der Waals surface area (Å²) in [5.41, 5.74) is 0.975. The van der Waals surface area contributed by atoms with E-state index >= 15 is 0 Å². The molecule has 0 bridgehead atoms. The van der Waals surface area contributed by atoms with Crippen molar-refractivity contribution in [2.45, 2.75) is 25.8 Å². The molecule has 1 rings (SSSR count). The third-order valence-corrected chi connectivity index (χ3v) is 3.35. The molecule has 1 N–H and O–H groups in total. The number of methoxy groups -OCH3 is 1. The Labute approximate surface area is 111 Å². The van der Waals surface area contributed by atoms with Crippen molar-refractivity contribution >= 4 is 15.9 Å². The normalized spacial score (nSPS) is 12.7. The highest BCUT2D eigenvalue weighted by atomic mass is 79.9. The second-order valence-corrected chi connectivity index (χ2v) is 4.77. The first-order valence-corrected chi connectivity index (χ1v) is 6.65. The Morgan fingerprint density at radius 2 is 2.24 bits per heavy atom. The minimum Gasteiger partial charge on any atom is -0.385 e. The van der Waals surface area contributed by atoms with Crippen molar-refractivity contribution in [3.63, 3.8) is 0 Å². The number of halogens is 2. The maximum Gasteiger partial charge on any atom is 0.123 e. The van der Waals surface area contributed by atoms with Crippen LogP contribution in [0.1, 0.15) is 31.4 Å². The summed E-state index contributed by atoms with van der Waals surface area (Å²) in [6, 6.07) is 4.97. The fourth-order valence-electron chi connectivity index (χ4n) is 1.83. The van der Waals surface area contributed by atoms with Gasteiger partial charge >= 0.3 is 0 Å². The van der Waals surface area contributed by atoms with Crippen LogP contribution in [0.2, 0.25) is 0 Å². The Bertz CT molecular complexity index is 346. The van der Waals surface area contributed by atoms with E-state index in [9.17, 15) is 4.39 Å². The van der Waals surface area contributed by atoms with Crippen LogP contribution < -0.4 is 5.32 Å². The molecule has 0 aromatic heterocycles. The Morgan fingerprint density at radius 1 is 1.47 bits per heavy atom. The first-order valence-electron chi connectivity index (χ1n) is 5.86. The highest BCUT2D eigenvalue weighted by Gasteiger charge is 2.14. The molecule has 1 unspecified atom stereocenters. The van der Waals surface area contributed by atoms with Gasteiger partial charge in [-0.25, -0.2) is 4.39 Å². The number of benzene rings is 1. The van der Waals surface area contributed by atoms with E-state index in [0.29, 0.717) is 0 Å². The van der Waals surface area contributed by atoms with E-state index in [-0.39, 0.29) is 11.9 Å². The summed E-state index contributed by atoms with van der Waals surface area (Å²) in [4.78, 5) is 0. The van der Waals surface area contributed by atoms with E-state index in [4.69, 9.17) is 4.74 Å². The molecule has 17 heavy (non-hydrogen) atoms. The highest BCUT2D eigenvalue weighted by Crippen LogP contribution is 2.27. The lowest BCUT2D eigenvalue weighted by Crippen LogP contribution is -2.21. The second kappa shape index (κ2) is 7.80. The van der Waals surface area contributed by atoms with Gasteiger partial charge in [-0.15, -0.1) is 0 Å². The predicted molar refractivity (Wildman–Crippen MR) is 71.6 cm³/mol. The van der Waals surface area contributed by atoms with E-state index in [1.807, 2.05) is 0 Å². The molecule has 0 spiro atoms. The molecule has 0 saturated heterocycles. The maximum absolute atomic E-state index is 13.3. The monoisotopic (exact) mass is 303 g/mol. The number of ether oxygens (including phenoxy) is 1. The lowest BCUT2D eigenvalue weighted by Gasteiger charge is -2.19. The van der Waals surface area contributed by atoms with Crippen LogP contribution in [0, 0.1) is 5.82 Å². The summed E-state index contributed by atoms with van der Waals surface area (Å²) >= 11 is 3.47. The maximum atomic E-state index is 13.3. The van der Waals surface area contributed by atoms with Gasteiger partial charge in [0, 0.05) is 24.2 Å². The summed E-state index contributed by atoms with van der Waals surface area (Å²) < 4.78 is 19.3. The molecule has 0 aliphatic carbocycles.